The number of ether oxygens (including phenoxy) is 3. The van der Waals surface area contributed by atoms with Gasteiger partial charge in [-0.3, -0.25) is 0 Å². The van der Waals surface area contributed by atoms with Crippen molar-refractivity contribution < 1.29 is 50.0 Å². The zero-order chi connectivity index (χ0) is 15.7. The molecular formula is C11H20O10. The summed E-state index contributed by atoms with van der Waals surface area (Å²) < 4.78 is 15.0. The first-order valence-corrected chi connectivity index (χ1v) is 6.48. The minimum absolute atomic E-state index is 0.249. The van der Waals surface area contributed by atoms with Gasteiger partial charge >= 0.3 is 0 Å². The summed E-state index contributed by atoms with van der Waals surface area (Å²) in [5.74, 6) is 0. The van der Waals surface area contributed by atoms with Gasteiger partial charge in [-0.2, -0.15) is 0 Å². The van der Waals surface area contributed by atoms with Crippen LogP contribution in [0.25, 0.3) is 0 Å². The van der Waals surface area contributed by atoms with Crippen molar-refractivity contribution in [2.24, 2.45) is 0 Å². The third kappa shape index (κ3) is 3.51. The summed E-state index contributed by atoms with van der Waals surface area (Å²) in [7, 11) is 0. The summed E-state index contributed by atoms with van der Waals surface area (Å²) in [5.41, 5.74) is 0. The highest BCUT2D eigenvalue weighted by atomic mass is 16.7. The Morgan fingerprint density at radius 3 is 2.14 bits per heavy atom. The van der Waals surface area contributed by atoms with E-state index in [2.05, 4.69) is 0 Å². The predicted octanol–water partition coefficient (Wildman–Crippen LogP) is -4.76. The number of aliphatic hydroxyl groups is 7. The molecule has 0 aliphatic carbocycles. The zero-order valence-electron chi connectivity index (χ0n) is 11.0. The van der Waals surface area contributed by atoms with Gasteiger partial charge in [-0.25, -0.2) is 0 Å². The quantitative estimate of drug-likeness (QED) is 0.268. The second-order valence-electron chi connectivity index (χ2n) is 5.12. The van der Waals surface area contributed by atoms with E-state index in [1.165, 1.54) is 0 Å². The molecule has 2 fully saturated rings. The van der Waals surface area contributed by atoms with Crippen molar-refractivity contribution in [2.75, 3.05) is 13.2 Å². The SMILES string of the molecule is O[C@@H]1[C@@H](O)[C@H](O)O[C@H](CO[C@H]2OC[C@H](O)[C@@H](O)[C@H]2O)[C@H]1O. The maximum absolute atomic E-state index is 9.70. The Morgan fingerprint density at radius 1 is 0.810 bits per heavy atom. The van der Waals surface area contributed by atoms with E-state index in [-0.39, 0.29) is 13.2 Å². The third-order valence-electron chi connectivity index (χ3n) is 3.57. The van der Waals surface area contributed by atoms with E-state index in [1.54, 1.807) is 0 Å². The average Bonchev–Trinajstić information content (AvgIpc) is 2.46. The lowest BCUT2D eigenvalue weighted by Crippen LogP contribution is -2.59. The van der Waals surface area contributed by atoms with Gasteiger partial charge < -0.3 is 50.0 Å². The molecule has 2 aliphatic heterocycles. The van der Waals surface area contributed by atoms with Crippen molar-refractivity contribution in [2.45, 2.75) is 55.3 Å². The lowest BCUT2D eigenvalue weighted by molar-refractivity contribution is -0.312. The summed E-state index contributed by atoms with van der Waals surface area (Å²) in [6.07, 6.45) is -13.1. The van der Waals surface area contributed by atoms with Crippen LogP contribution in [-0.2, 0) is 14.2 Å². The standard InChI is InChI=1S/C11H20O10/c12-3-1-19-11(9(17)5(3)13)20-2-4-6(14)7(15)8(16)10(18)21-4/h3-18H,1-2H2/t3-,4+,5+,6+,7-,8+,9+,10+,11+/m0/s1. The normalized spacial score (nSPS) is 51.9. The molecule has 0 bridgehead atoms. The molecule has 21 heavy (non-hydrogen) atoms. The maximum Gasteiger partial charge on any atom is 0.186 e. The van der Waals surface area contributed by atoms with Crippen LogP contribution in [-0.4, -0.2) is 104 Å². The molecule has 124 valence electrons. The molecule has 7 N–H and O–H groups in total. The minimum atomic E-state index is -1.69. The lowest BCUT2D eigenvalue weighted by atomic mass is 9.99. The molecule has 0 aromatic rings. The molecule has 0 aromatic heterocycles. The molecule has 2 heterocycles. The Kier molecular flexibility index (Phi) is 5.48. The Labute approximate surface area is 119 Å². The topological polar surface area (TPSA) is 169 Å². The highest BCUT2D eigenvalue weighted by Gasteiger charge is 2.44. The van der Waals surface area contributed by atoms with Crippen LogP contribution in [0.15, 0.2) is 0 Å². The van der Waals surface area contributed by atoms with Crippen LogP contribution >= 0.6 is 0 Å². The molecule has 0 saturated carbocycles. The van der Waals surface area contributed by atoms with Gasteiger partial charge in [0.1, 0.15) is 42.7 Å². The monoisotopic (exact) mass is 312 g/mol. The molecule has 2 aliphatic rings. The third-order valence-corrected chi connectivity index (χ3v) is 3.57. The molecular weight excluding hydrogens is 292 g/mol. The molecule has 2 rings (SSSR count). The van der Waals surface area contributed by atoms with Crippen molar-refractivity contribution in [1.82, 2.24) is 0 Å². The second kappa shape index (κ2) is 6.79. The van der Waals surface area contributed by atoms with Crippen LogP contribution in [0.2, 0.25) is 0 Å². The van der Waals surface area contributed by atoms with Crippen molar-refractivity contribution in [1.29, 1.82) is 0 Å². The Bertz CT molecular complexity index is 341. The summed E-state index contributed by atoms with van der Waals surface area (Å²) in [5, 5.41) is 66.2. The van der Waals surface area contributed by atoms with Gasteiger partial charge in [0.05, 0.1) is 13.2 Å². The van der Waals surface area contributed by atoms with E-state index in [0.717, 1.165) is 0 Å². The Hall–Kier alpha value is -0.400. The predicted molar refractivity (Wildman–Crippen MR) is 62.6 cm³/mol. The molecule has 2 saturated heterocycles. The summed E-state index contributed by atoms with van der Waals surface area (Å²) in [4.78, 5) is 0. The number of hydrogen-bond donors (Lipinski definition) is 7. The first kappa shape index (κ1) is 17.0. The van der Waals surface area contributed by atoms with Crippen LogP contribution < -0.4 is 0 Å². The second-order valence-corrected chi connectivity index (χ2v) is 5.12. The van der Waals surface area contributed by atoms with Crippen LogP contribution in [0.5, 0.6) is 0 Å². The van der Waals surface area contributed by atoms with E-state index >= 15 is 0 Å². The average molecular weight is 312 g/mol. The van der Waals surface area contributed by atoms with Crippen LogP contribution in [0.4, 0.5) is 0 Å². The molecule has 0 radical (unpaired) electrons. The van der Waals surface area contributed by atoms with E-state index in [4.69, 9.17) is 14.2 Å². The fraction of sp³-hybridized carbons (Fsp3) is 1.00. The van der Waals surface area contributed by atoms with Crippen LogP contribution in [0.1, 0.15) is 0 Å². The van der Waals surface area contributed by atoms with E-state index in [9.17, 15) is 35.7 Å². The van der Waals surface area contributed by atoms with Crippen molar-refractivity contribution in [3.63, 3.8) is 0 Å². The molecule has 0 aromatic carbocycles. The van der Waals surface area contributed by atoms with Gasteiger partial charge in [0.15, 0.2) is 12.6 Å². The number of hydrogen-bond acceptors (Lipinski definition) is 10. The number of aliphatic hydroxyl groups excluding tert-OH is 7. The van der Waals surface area contributed by atoms with Gasteiger partial charge in [0, 0.05) is 0 Å². The van der Waals surface area contributed by atoms with Crippen molar-refractivity contribution in [3.05, 3.63) is 0 Å². The van der Waals surface area contributed by atoms with E-state index in [1.807, 2.05) is 0 Å². The van der Waals surface area contributed by atoms with Crippen LogP contribution in [0, 0.1) is 0 Å². The first-order chi connectivity index (χ1) is 9.82. The van der Waals surface area contributed by atoms with Crippen molar-refractivity contribution >= 4 is 0 Å². The summed E-state index contributed by atoms with van der Waals surface area (Å²) in [6, 6.07) is 0. The zero-order valence-corrected chi connectivity index (χ0v) is 11.0. The number of rotatable bonds is 3. The fourth-order valence-electron chi connectivity index (χ4n) is 2.18. The summed E-state index contributed by atoms with van der Waals surface area (Å²) in [6.45, 7) is -0.631. The molecule has 0 amide bonds. The highest BCUT2D eigenvalue weighted by Crippen LogP contribution is 2.22. The minimum Gasteiger partial charge on any atom is -0.388 e. The van der Waals surface area contributed by atoms with Gasteiger partial charge in [-0.15, -0.1) is 0 Å². The van der Waals surface area contributed by atoms with E-state index < -0.39 is 55.3 Å². The lowest BCUT2D eigenvalue weighted by Gasteiger charge is -2.40. The maximum atomic E-state index is 9.70. The van der Waals surface area contributed by atoms with Crippen LogP contribution in [0.3, 0.4) is 0 Å². The van der Waals surface area contributed by atoms with Gasteiger partial charge in [0.2, 0.25) is 0 Å². The largest absolute Gasteiger partial charge is 0.388 e. The molecule has 9 atom stereocenters. The van der Waals surface area contributed by atoms with Crippen molar-refractivity contribution in [3.8, 4) is 0 Å². The van der Waals surface area contributed by atoms with E-state index in [0.29, 0.717) is 0 Å². The fourth-order valence-corrected chi connectivity index (χ4v) is 2.18. The van der Waals surface area contributed by atoms with Gasteiger partial charge in [-0.05, 0) is 0 Å². The smallest absolute Gasteiger partial charge is 0.186 e. The highest BCUT2D eigenvalue weighted by molar-refractivity contribution is 4.89. The molecule has 10 heteroatoms. The Balaban J connectivity index is 1.88. The molecule has 0 spiro atoms. The van der Waals surface area contributed by atoms with Gasteiger partial charge in [0.25, 0.3) is 0 Å². The first-order valence-electron chi connectivity index (χ1n) is 6.48. The Morgan fingerprint density at radius 2 is 1.48 bits per heavy atom. The molecule has 0 unspecified atom stereocenters. The van der Waals surface area contributed by atoms with Gasteiger partial charge in [-0.1, -0.05) is 0 Å². The summed E-state index contributed by atoms with van der Waals surface area (Å²) >= 11 is 0. The molecule has 10 nitrogen and oxygen atoms in total.